The van der Waals surface area contributed by atoms with Crippen LogP contribution < -0.4 is 10.4 Å². The largest absolute Gasteiger partial charge is 0.497 e. The summed E-state index contributed by atoms with van der Waals surface area (Å²) in [4.78, 5) is 11.5. The summed E-state index contributed by atoms with van der Waals surface area (Å²) in [6.07, 6.45) is 0. The number of aromatic amines is 2. The summed E-state index contributed by atoms with van der Waals surface area (Å²) in [5.41, 5.74) is 0.323. The lowest BCUT2D eigenvalue weighted by atomic mass is 10.3. The van der Waals surface area contributed by atoms with Gasteiger partial charge in [0.2, 0.25) is 4.77 Å². The minimum atomic E-state index is -0.315. The molecule has 0 fully saturated rings. The number of ether oxygens (including phenoxy) is 1. The van der Waals surface area contributed by atoms with Crippen molar-refractivity contribution in [3.8, 4) is 11.4 Å². The van der Waals surface area contributed by atoms with Crippen LogP contribution in [0.15, 0.2) is 27.5 Å². The molecule has 16 heavy (non-hydrogen) atoms. The Balaban J connectivity index is 2.69. The predicted octanol–water partition coefficient (Wildman–Crippen LogP) is 1.99. The molecule has 84 valence electrons. The molecule has 0 radical (unpaired) electrons. The zero-order valence-corrected chi connectivity index (χ0v) is 10.7. The molecule has 7 heteroatoms. The van der Waals surface area contributed by atoms with E-state index in [1.54, 1.807) is 25.3 Å². The summed E-state index contributed by atoms with van der Waals surface area (Å²) in [7, 11) is 1.56. The summed E-state index contributed by atoms with van der Waals surface area (Å²) < 4.78 is 7.58. The predicted molar refractivity (Wildman–Crippen MR) is 65.8 cm³/mol. The van der Waals surface area contributed by atoms with E-state index in [1.165, 1.54) is 4.57 Å². The van der Waals surface area contributed by atoms with Gasteiger partial charge in [0, 0.05) is 10.5 Å². The van der Waals surface area contributed by atoms with Gasteiger partial charge in [-0.2, -0.15) is 0 Å². The molecule has 0 bridgehead atoms. The van der Waals surface area contributed by atoms with Gasteiger partial charge >= 0.3 is 5.69 Å². The molecule has 2 aromatic rings. The van der Waals surface area contributed by atoms with E-state index in [0.29, 0.717) is 16.2 Å². The second-order valence-corrected chi connectivity index (χ2v) is 4.35. The Kier molecular flexibility index (Phi) is 2.97. The third-order valence-electron chi connectivity index (χ3n) is 2.03. The number of hydrogen-bond donors (Lipinski definition) is 2. The van der Waals surface area contributed by atoms with Crippen LogP contribution in [0.3, 0.4) is 0 Å². The standard InChI is InChI=1S/C9H8BrN3O2S/c1-15-7-3-5(10)2-6(4-7)13-8(14)11-12-9(13)16/h2-4H,1H3,(H,11,14)(H,12,16). The van der Waals surface area contributed by atoms with E-state index in [9.17, 15) is 4.79 Å². The van der Waals surface area contributed by atoms with Crippen LogP contribution in [0.4, 0.5) is 0 Å². The fraction of sp³-hybridized carbons (Fsp3) is 0.111. The van der Waals surface area contributed by atoms with E-state index < -0.39 is 0 Å². The van der Waals surface area contributed by atoms with E-state index in [-0.39, 0.29) is 5.69 Å². The molecule has 0 aliphatic rings. The highest BCUT2D eigenvalue weighted by Gasteiger charge is 2.06. The number of halogens is 1. The van der Waals surface area contributed by atoms with E-state index in [0.717, 1.165) is 4.47 Å². The highest BCUT2D eigenvalue weighted by atomic mass is 79.9. The molecule has 0 aliphatic carbocycles. The molecule has 0 aliphatic heterocycles. The minimum Gasteiger partial charge on any atom is -0.497 e. The van der Waals surface area contributed by atoms with Crippen molar-refractivity contribution in [1.82, 2.24) is 14.8 Å². The van der Waals surface area contributed by atoms with E-state index >= 15 is 0 Å². The number of benzene rings is 1. The third kappa shape index (κ3) is 1.96. The van der Waals surface area contributed by atoms with Crippen LogP contribution in [0.2, 0.25) is 0 Å². The summed E-state index contributed by atoms with van der Waals surface area (Å²) in [5.74, 6) is 0.645. The number of nitrogens with one attached hydrogen (secondary N) is 2. The van der Waals surface area contributed by atoms with Gasteiger partial charge in [-0.25, -0.2) is 14.5 Å². The number of methoxy groups -OCH3 is 1. The van der Waals surface area contributed by atoms with Gasteiger partial charge in [0.1, 0.15) is 5.75 Å². The smallest absolute Gasteiger partial charge is 0.347 e. The Bertz CT molecular complexity index is 601. The summed E-state index contributed by atoms with van der Waals surface area (Å²) in [6, 6.07) is 5.30. The van der Waals surface area contributed by atoms with Gasteiger partial charge in [-0.3, -0.25) is 5.10 Å². The monoisotopic (exact) mass is 301 g/mol. The average Bonchev–Trinajstić information content (AvgIpc) is 2.57. The highest BCUT2D eigenvalue weighted by Crippen LogP contribution is 2.22. The lowest BCUT2D eigenvalue weighted by Crippen LogP contribution is -2.14. The molecule has 0 spiro atoms. The first-order valence-corrected chi connectivity index (χ1v) is 5.56. The SMILES string of the molecule is COc1cc(Br)cc(-n2c(=O)[nH][nH]c2=S)c1. The second kappa shape index (κ2) is 4.26. The molecule has 1 heterocycles. The molecule has 2 rings (SSSR count). The van der Waals surface area contributed by atoms with Crippen molar-refractivity contribution < 1.29 is 4.74 Å². The molecule has 0 atom stereocenters. The summed E-state index contributed by atoms with van der Waals surface area (Å²) in [5, 5.41) is 4.99. The van der Waals surface area contributed by atoms with Crippen LogP contribution in [0.5, 0.6) is 5.75 Å². The Morgan fingerprint density at radius 3 is 2.69 bits per heavy atom. The maximum Gasteiger partial charge on any atom is 0.347 e. The zero-order valence-electron chi connectivity index (χ0n) is 8.28. The van der Waals surface area contributed by atoms with Crippen LogP contribution >= 0.6 is 28.1 Å². The fourth-order valence-electron chi connectivity index (χ4n) is 1.34. The second-order valence-electron chi connectivity index (χ2n) is 3.04. The number of rotatable bonds is 2. The lowest BCUT2D eigenvalue weighted by Gasteiger charge is -2.05. The van der Waals surface area contributed by atoms with Crippen LogP contribution in [-0.4, -0.2) is 21.9 Å². The summed E-state index contributed by atoms with van der Waals surface area (Å²) in [6.45, 7) is 0. The Hall–Kier alpha value is -1.34. The molecule has 1 aromatic heterocycles. The molecular formula is C9H8BrN3O2S. The van der Waals surface area contributed by atoms with Crippen molar-refractivity contribution in [1.29, 1.82) is 0 Å². The first kappa shape index (κ1) is 11.2. The van der Waals surface area contributed by atoms with Crippen LogP contribution in [0.1, 0.15) is 0 Å². The summed E-state index contributed by atoms with van der Waals surface area (Å²) >= 11 is 8.34. The van der Waals surface area contributed by atoms with E-state index in [1.807, 2.05) is 0 Å². The normalized spacial score (nSPS) is 10.4. The van der Waals surface area contributed by atoms with Gasteiger partial charge in [-0.05, 0) is 24.4 Å². The Morgan fingerprint density at radius 2 is 2.12 bits per heavy atom. The van der Waals surface area contributed by atoms with Gasteiger partial charge in [-0.1, -0.05) is 15.9 Å². The van der Waals surface area contributed by atoms with Gasteiger partial charge in [0.25, 0.3) is 0 Å². The van der Waals surface area contributed by atoms with Crippen LogP contribution in [0.25, 0.3) is 5.69 Å². The van der Waals surface area contributed by atoms with Gasteiger partial charge in [0.15, 0.2) is 0 Å². The van der Waals surface area contributed by atoms with Crippen LogP contribution in [0, 0.1) is 4.77 Å². The number of nitrogens with zero attached hydrogens (tertiary/aromatic N) is 1. The quantitative estimate of drug-likeness (QED) is 0.834. The van der Waals surface area contributed by atoms with E-state index in [2.05, 4.69) is 26.1 Å². The van der Waals surface area contributed by atoms with Crippen molar-refractivity contribution in [2.75, 3.05) is 7.11 Å². The molecule has 0 saturated carbocycles. The lowest BCUT2D eigenvalue weighted by molar-refractivity contribution is 0.414. The third-order valence-corrected chi connectivity index (χ3v) is 2.77. The zero-order chi connectivity index (χ0) is 11.7. The van der Waals surface area contributed by atoms with Crippen molar-refractivity contribution in [2.24, 2.45) is 0 Å². The fourth-order valence-corrected chi connectivity index (χ4v) is 2.04. The molecule has 0 saturated heterocycles. The maximum atomic E-state index is 11.5. The first-order chi connectivity index (χ1) is 7.61. The average molecular weight is 302 g/mol. The maximum absolute atomic E-state index is 11.5. The molecule has 5 nitrogen and oxygen atoms in total. The number of hydrogen-bond acceptors (Lipinski definition) is 3. The van der Waals surface area contributed by atoms with Crippen molar-refractivity contribution >= 4 is 28.1 Å². The first-order valence-electron chi connectivity index (χ1n) is 4.36. The molecule has 0 amide bonds. The topological polar surface area (TPSA) is 62.8 Å². The van der Waals surface area contributed by atoms with Crippen molar-refractivity contribution in [3.05, 3.63) is 37.9 Å². The molecule has 0 unspecified atom stereocenters. The molecular weight excluding hydrogens is 294 g/mol. The number of aromatic nitrogens is 3. The highest BCUT2D eigenvalue weighted by molar-refractivity contribution is 9.10. The van der Waals surface area contributed by atoms with Crippen molar-refractivity contribution in [3.63, 3.8) is 0 Å². The Labute approximate surface area is 104 Å². The number of H-pyrrole nitrogens is 2. The van der Waals surface area contributed by atoms with Crippen molar-refractivity contribution in [2.45, 2.75) is 0 Å². The van der Waals surface area contributed by atoms with E-state index in [4.69, 9.17) is 17.0 Å². The van der Waals surface area contributed by atoms with Crippen LogP contribution in [-0.2, 0) is 0 Å². The van der Waals surface area contributed by atoms with Gasteiger partial charge < -0.3 is 4.74 Å². The molecule has 2 N–H and O–H groups in total. The van der Waals surface area contributed by atoms with Gasteiger partial charge in [0.05, 0.1) is 12.8 Å². The van der Waals surface area contributed by atoms with Gasteiger partial charge in [-0.15, -0.1) is 0 Å². The Morgan fingerprint density at radius 1 is 1.38 bits per heavy atom. The molecule has 1 aromatic carbocycles. The minimum absolute atomic E-state index is 0.310.